The molecule has 1 aliphatic rings. The first kappa shape index (κ1) is 36.2. The number of rotatable bonds is 15. The molecule has 0 aliphatic heterocycles. The zero-order valence-electron chi connectivity index (χ0n) is 26.7. The van der Waals surface area contributed by atoms with Crippen molar-refractivity contribution in [1.29, 1.82) is 0 Å². The number of aliphatic imine (C=N–C) groups is 2. The van der Waals surface area contributed by atoms with E-state index in [1.807, 2.05) is 38.1 Å². The van der Waals surface area contributed by atoms with E-state index in [9.17, 15) is 14.4 Å². The monoisotopic (exact) mass is 653 g/mol. The van der Waals surface area contributed by atoms with Crippen molar-refractivity contribution >= 4 is 41.2 Å². The number of guanidine groups is 2. The minimum Gasteiger partial charge on any atom is -0.370 e. The fourth-order valence-corrected chi connectivity index (χ4v) is 5.86. The molecule has 2 aromatic rings. The van der Waals surface area contributed by atoms with Crippen LogP contribution in [0.25, 0.3) is 0 Å². The number of nitrogens with two attached hydrogens (primary N) is 4. The van der Waals surface area contributed by atoms with Crippen LogP contribution in [0.5, 0.6) is 0 Å². The number of benzene rings is 2. The molecule has 0 heterocycles. The lowest BCUT2D eigenvalue weighted by Crippen LogP contribution is -2.56. The molecule has 1 fully saturated rings. The van der Waals surface area contributed by atoms with Crippen LogP contribution in [0.4, 0.5) is 0 Å². The molecule has 46 heavy (non-hydrogen) atoms. The van der Waals surface area contributed by atoms with E-state index in [2.05, 4.69) is 25.9 Å². The lowest BCUT2D eigenvalue weighted by Gasteiger charge is -2.34. The lowest BCUT2D eigenvalue weighted by atomic mass is 9.80. The van der Waals surface area contributed by atoms with Gasteiger partial charge < -0.3 is 38.9 Å². The fourth-order valence-electron chi connectivity index (χ4n) is 5.66. The summed E-state index contributed by atoms with van der Waals surface area (Å²) in [5.41, 5.74) is 24.0. The number of hydrogen-bond acceptors (Lipinski definition) is 5. The smallest absolute Gasteiger partial charge is 0.251 e. The molecule has 1 saturated carbocycles. The van der Waals surface area contributed by atoms with Crippen LogP contribution in [0.2, 0.25) is 5.02 Å². The number of amides is 3. The van der Waals surface area contributed by atoms with Gasteiger partial charge >= 0.3 is 0 Å². The van der Waals surface area contributed by atoms with Gasteiger partial charge in [-0.05, 0) is 73.4 Å². The molecule has 0 saturated heterocycles. The molecule has 2 aromatic carbocycles. The quantitative estimate of drug-likeness (QED) is 0.0865. The van der Waals surface area contributed by atoms with Gasteiger partial charge in [0, 0.05) is 29.1 Å². The van der Waals surface area contributed by atoms with E-state index in [-0.39, 0.29) is 55.2 Å². The number of halogens is 1. The van der Waals surface area contributed by atoms with Crippen LogP contribution in [0.1, 0.15) is 86.2 Å². The van der Waals surface area contributed by atoms with Crippen LogP contribution in [-0.4, -0.2) is 54.3 Å². The van der Waals surface area contributed by atoms with E-state index in [1.165, 1.54) is 0 Å². The molecule has 0 aromatic heterocycles. The highest BCUT2D eigenvalue weighted by atomic mass is 35.5. The Morgan fingerprint density at radius 2 is 1.59 bits per heavy atom. The summed E-state index contributed by atoms with van der Waals surface area (Å²) in [7, 11) is 0. The molecule has 0 radical (unpaired) electrons. The van der Waals surface area contributed by atoms with E-state index in [1.54, 1.807) is 24.3 Å². The van der Waals surface area contributed by atoms with Gasteiger partial charge in [0.05, 0.1) is 6.54 Å². The second-order valence-electron chi connectivity index (χ2n) is 12.2. The molecule has 12 nitrogen and oxygen atoms in total. The van der Waals surface area contributed by atoms with Gasteiger partial charge in [-0.15, -0.1) is 0 Å². The average Bonchev–Trinajstić information content (AvgIpc) is 3.01. The predicted octanol–water partition coefficient (Wildman–Crippen LogP) is 2.64. The zero-order valence-corrected chi connectivity index (χ0v) is 27.4. The molecular weight excluding hydrogens is 606 g/mol. The van der Waals surface area contributed by atoms with Crippen LogP contribution in [0.15, 0.2) is 58.5 Å². The van der Waals surface area contributed by atoms with Gasteiger partial charge in [0.2, 0.25) is 11.8 Å². The van der Waals surface area contributed by atoms with Crippen molar-refractivity contribution in [3.63, 3.8) is 0 Å². The van der Waals surface area contributed by atoms with Crippen LogP contribution in [-0.2, 0) is 16.1 Å². The van der Waals surface area contributed by atoms with Crippen molar-refractivity contribution in [3.05, 3.63) is 70.2 Å². The first-order valence-corrected chi connectivity index (χ1v) is 16.2. The highest BCUT2D eigenvalue weighted by Crippen LogP contribution is 2.34. The summed E-state index contributed by atoms with van der Waals surface area (Å²) in [5.74, 6) is -0.981. The van der Waals surface area contributed by atoms with Crippen LogP contribution < -0.4 is 38.9 Å². The molecule has 0 spiro atoms. The number of nitrogens with zero attached hydrogens (tertiary/aromatic N) is 2. The highest BCUT2D eigenvalue weighted by molar-refractivity contribution is 6.30. The average molecular weight is 654 g/mol. The number of nitrogens with one attached hydrogen (secondary N) is 3. The Balaban J connectivity index is 1.75. The normalized spacial score (nSPS) is 17.3. The minimum atomic E-state index is -0.931. The summed E-state index contributed by atoms with van der Waals surface area (Å²) < 4.78 is 0. The SMILES string of the molecule is CC(C)C[C@H](NC(=O)[C@H](CCCN=C(N)N)NC(=O)c1ccc(CN=C(N)N)cc1)C(=O)N[C@@H]1CCCC[C@H]1c1cccc(Cl)c1. The minimum absolute atomic E-state index is 0.0273. The molecule has 11 N–H and O–H groups in total. The Labute approximate surface area is 276 Å². The third-order valence-corrected chi connectivity index (χ3v) is 8.17. The van der Waals surface area contributed by atoms with Gasteiger partial charge in [-0.25, -0.2) is 4.99 Å². The van der Waals surface area contributed by atoms with E-state index in [0.717, 1.165) is 36.8 Å². The standard InChI is InChI=1S/C33H48ClN9O3/c1-20(2)17-28(31(46)41-26-10-4-3-9-25(26)23-7-5-8-24(34)18-23)43-30(45)27(11-6-16-39-32(35)36)42-29(44)22-14-12-21(13-15-22)19-40-33(37)38/h5,7-8,12-15,18,20,25-28H,3-4,6,9-11,16-17,19H2,1-2H3,(H,41,46)(H,42,44)(H,43,45)(H4,35,36,39)(H4,37,38,40)/t25-,26+,27-,28-/m0/s1. The van der Waals surface area contributed by atoms with Gasteiger partial charge in [0.25, 0.3) is 5.91 Å². The number of carbonyl (C=O) groups excluding carboxylic acids is 3. The van der Waals surface area contributed by atoms with Crippen molar-refractivity contribution < 1.29 is 14.4 Å². The molecule has 0 unspecified atom stereocenters. The van der Waals surface area contributed by atoms with E-state index in [4.69, 9.17) is 34.5 Å². The molecule has 250 valence electrons. The van der Waals surface area contributed by atoms with Crippen molar-refractivity contribution in [2.24, 2.45) is 38.8 Å². The van der Waals surface area contributed by atoms with Crippen molar-refractivity contribution in [1.82, 2.24) is 16.0 Å². The van der Waals surface area contributed by atoms with Gasteiger partial charge in [0.15, 0.2) is 11.9 Å². The van der Waals surface area contributed by atoms with Crippen LogP contribution in [0, 0.1) is 5.92 Å². The zero-order chi connectivity index (χ0) is 33.6. The second-order valence-corrected chi connectivity index (χ2v) is 12.6. The number of carbonyl (C=O) groups is 3. The Hall–Kier alpha value is -4.32. The largest absolute Gasteiger partial charge is 0.370 e. The fraction of sp³-hybridized carbons (Fsp3) is 0.485. The summed E-state index contributed by atoms with van der Waals surface area (Å²) in [6.45, 7) is 4.55. The van der Waals surface area contributed by atoms with Gasteiger partial charge in [-0.3, -0.25) is 19.4 Å². The summed E-state index contributed by atoms with van der Waals surface area (Å²) in [6, 6.07) is 12.7. The predicted molar refractivity (Wildman–Crippen MR) is 183 cm³/mol. The summed E-state index contributed by atoms with van der Waals surface area (Å²) >= 11 is 6.28. The summed E-state index contributed by atoms with van der Waals surface area (Å²) in [5, 5.41) is 9.66. The van der Waals surface area contributed by atoms with E-state index >= 15 is 0 Å². The third kappa shape index (κ3) is 11.9. The number of hydrogen-bond donors (Lipinski definition) is 7. The Morgan fingerprint density at radius 3 is 2.24 bits per heavy atom. The molecule has 13 heteroatoms. The van der Waals surface area contributed by atoms with Crippen molar-refractivity contribution in [3.8, 4) is 0 Å². The summed E-state index contributed by atoms with van der Waals surface area (Å²) in [6.07, 6.45) is 4.95. The van der Waals surface area contributed by atoms with Crippen molar-refractivity contribution in [2.75, 3.05) is 6.54 Å². The molecule has 0 bridgehead atoms. The van der Waals surface area contributed by atoms with E-state index in [0.29, 0.717) is 23.4 Å². The first-order valence-electron chi connectivity index (χ1n) is 15.8. The van der Waals surface area contributed by atoms with Crippen molar-refractivity contribution in [2.45, 2.75) is 89.4 Å². The maximum atomic E-state index is 13.7. The Kier molecular flexibility index (Phi) is 14.1. The van der Waals surface area contributed by atoms with Crippen LogP contribution in [0.3, 0.4) is 0 Å². The molecule has 1 aliphatic carbocycles. The maximum absolute atomic E-state index is 13.7. The lowest BCUT2D eigenvalue weighted by molar-refractivity contribution is -0.131. The third-order valence-electron chi connectivity index (χ3n) is 7.94. The van der Waals surface area contributed by atoms with E-state index < -0.39 is 23.9 Å². The molecule has 3 amide bonds. The Morgan fingerprint density at radius 1 is 0.891 bits per heavy atom. The maximum Gasteiger partial charge on any atom is 0.251 e. The topological polar surface area (TPSA) is 216 Å². The van der Waals surface area contributed by atoms with Gasteiger partial charge in [0.1, 0.15) is 12.1 Å². The van der Waals surface area contributed by atoms with Crippen LogP contribution >= 0.6 is 11.6 Å². The second kappa shape index (κ2) is 18.0. The molecule has 3 rings (SSSR count). The molecular formula is C33H48ClN9O3. The Bertz CT molecular complexity index is 1370. The summed E-state index contributed by atoms with van der Waals surface area (Å²) in [4.78, 5) is 48.6. The highest BCUT2D eigenvalue weighted by Gasteiger charge is 2.32. The van der Waals surface area contributed by atoms with Gasteiger partial charge in [-0.2, -0.15) is 0 Å². The first-order chi connectivity index (χ1) is 21.9. The molecule has 4 atom stereocenters. The van der Waals surface area contributed by atoms with Gasteiger partial charge in [-0.1, -0.05) is 62.6 Å².